The molecule has 0 aromatic heterocycles. The number of carbonyl (C=O) groups excluding carboxylic acids is 3. The van der Waals surface area contributed by atoms with Crippen molar-refractivity contribution in [3.8, 4) is 0 Å². The highest BCUT2D eigenvalue weighted by Gasteiger charge is 2.34. The molecule has 1 saturated heterocycles. The molecule has 1 aliphatic carbocycles. The lowest BCUT2D eigenvalue weighted by molar-refractivity contribution is -0.142. The molecule has 2 fully saturated rings. The summed E-state index contributed by atoms with van der Waals surface area (Å²) in [5, 5.41) is 0.587. The Labute approximate surface area is 165 Å². The van der Waals surface area contributed by atoms with Crippen LogP contribution in [0.5, 0.6) is 0 Å². The van der Waals surface area contributed by atoms with Crippen molar-refractivity contribution in [1.82, 2.24) is 9.80 Å². The van der Waals surface area contributed by atoms with E-state index < -0.39 is 0 Å². The molecule has 0 radical (unpaired) electrons. The van der Waals surface area contributed by atoms with Crippen molar-refractivity contribution in [2.75, 3.05) is 31.2 Å². The van der Waals surface area contributed by atoms with E-state index in [0.717, 1.165) is 36.9 Å². The number of carbonyl (C=O) groups is 3. The minimum atomic E-state index is -0.196. The summed E-state index contributed by atoms with van der Waals surface area (Å²) in [5.41, 5.74) is 1.53. The molecule has 0 atom stereocenters. The lowest BCUT2D eigenvalue weighted by atomic mass is 10.1. The van der Waals surface area contributed by atoms with Gasteiger partial charge in [0.2, 0.25) is 17.7 Å². The maximum atomic E-state index is 12.7. The van der Waals surface area contributed by atoms with Crippen LogP contribution in [0.3, 0.4) is 0 Å². The van der Waals surface area contributed by atoms with Gasteiger partial charge in [-0.3, -0.25) is 19.3 Å². The summed E-state index contributed by atoms with van der Waals surface area (Å²) >= 11 is 6.16. The summed E-state index contributed by atoms with van der Waals surface area (Å²) in [5.74, 6) is -0.224. The zero-order chi connectivity index (χ0) is 19.6. The summed E-state index contributed by atoms with van der Waals surface area (Å²) in [6.45, 7) is 4.49. The van der Waals surface area contributed by atoms with Gasteiger partial charge in [0.15, 0.2) is 0 Å². The molecular formula is C20H26ClN3O3. The Kier molecular flexibility index (Phi) is 6.05. The Balaban J connectivity index is 1.66. The highest BCUT2D eigenvalue weighted by Crippen LogP contribution is 2.29. The number of hydrogen-bond donors (Lipinski definition) is 0. The van der Waals surface area contributed by atoms with Gasteiger partial charge in [-0.2, -0.15) is 0 Å². The second kappa shape index (κ2) is 8.30. The number of hydrogen-bond acceptors (Lipinski definition) is 3. The third-order valence-corrected chi connectivity index (χ3v) is 5.96. The van der Waals surface area contributed by atoms with E-state index in [2.05, 4.69) is 0 Å². The standard InChI is InChI=1S/C20H26ClN3O3/c1-3-22(20(27)15-7-4-5-8-15)11-18(25)23-12-19(26)24(13-23)17-10-6-9-16(21)14(17)2/h6,9-10,15H,3-5,7-8,11-13H2,1-2H3. The number of likely N-dealkylation sites (N-methyl/N-ethyl adjacent to an activating group) is 1. The van der Waals surface area contributed by atoms with Crippen LogP contribution in [0.2, 0.25) is 5.02 Å². The number of anilines is 1. The molecule has 146 valence electrons. The van der Waals surface area contributed by atoms with E-state index in [1.54, 1.807) is 21.9 Å². The molecule has 0 unspecified atom stereocenters. The van der Waals surface area contributed by atoms with Crippen LogP contribution in [0.1, 0.15) is 38.2 Å². The summed E-state index contributed by atoms with van der Waals surface area (Å²) in [7, 11) is 0. The van der Waals surface area contributed by atoms with Gasteiger partial charge in [-0.05, 0) is 44.4 Å². The van der Waals surface area contributed by atoms with Gasteiger partial charge in [0, 0.05) is 23.2 Å². The minimum absolute atomic E-state index is 0.0277. The summed E-state index contributed by atoms with van der Waals surface area (Å²) in [6, 6.07) is 5.40. The molecule has 7 heteroatoms. The lowest BCUT2D eigenvalue weighted by Crippen LogP contribution is -2.44. The van der Waals surface area contributed by atoms with Gasteiger partial charge in [0.05, 0.1) is 6.54 Å². The molecule has 1 aromatic rings. The van der Waals surface area contributed by atoms with E-state index in [4.69, 9.17) is 11.6 Å². The highest BCUT2D eigenvalue weighted by atomic mass is 35.5. The Morgan fingerprint density at radius 2 is 1.96 bits per heavy atom. The van der Waals surface area contributed by atoms with Gasteiger partial charge < -0.3 is 9.80 Å². The Hall–Kier alpha value is -2.08. The largest absolute Gasteiger partial charge is 0.333 e. The van der Waals surface area contributed by atoms with Gasteiger partial charge in [0.1, 0.15) is 13.2 Å². The average molecular weight is 392 g/mol. The number of halogens is 1. The van der Waals surface area contributed by atoms with Crippen LogP contribution in [0.15, 0.2) is 18.2 Å². The van der Waals surface area contributed by atoms with Crippen molar-refractivity contribution in [3.05, 3.63) is 28.8 Å². The van der Waals surface area contributed by atoms with Crippen molar-refractivity contribution in [2.24, 2.45) is 5.92 Å². The van der Waals surface area contributed by atoms with E-state index in [0.29, 0.717) is 11.6 Å². The smallest absolute Gasteiger partial charge is 0.248 e. The first-order valence-electron chi connectivity index (χ1n) is 9.54. The van der Waals surface area contributed by atoms with Crippen LogP contribution in [-0.4, -0.2) is 53.8 Å². The van der Waals surface area contributed by atoms with E-state index in [9.17, 15) is 14.4 Å². The molecule has 0 spiro atoms. The topological polar surface area (TPSA) is 60.9 Å². The van der Waals surface area contributed by atoms with Gasteiger partial charge in [0.25, 0.3) is 0 Å². The third kappa shape index (κ3) is 4.10. The van der Waals surface area contributed by atoms with Crippen LogP contribution in [-0.2, 0) is 14.4 Å². The molecule has 1 aromatic carbocycles. The number of rotatable bonds is 5. The molecular weight excluding hydrogens is 366 g/mol. The average Bonchev–Trinajstić information content (AvgIpc) is 3.31. The van der Waals surface area contributed by atoms with E-state index in [1.165, 1.54) is 4.90 Å². The van der Waals surface area contributed by atoms with Crippen LogP contribution in [0, 0.1) is 12.8 Å². The van der Waals surface area contributed by atoms with Crippen molar-refractivity contribution >= 4 is 35.0 Å². The van der Waals surface area contributed by atoms with Gasteiger partial charge in [-0.25, -0.2) is 0 Å². The first kappa shape index (κ1) is 19.7. The lowest BCUT2D eigenvalue weighted by Gasteiger charge is -2.26. The van der Waals surface area contributed by atoms with Crippen molar-refractivity contribution < 1.29 is 14.4 Å². The van der Waals surface area contributed by atoms with Crippen LogP contribution in [0.25, 0.3) is 0 Å². The Morgan fingerprint density at radius 1 is 1.26 bits per heavy atom. The fourth-order valence-corrected chi connectivity index (χ4v) is 4.02. The van der Waals surface area contributed by atoms with Crippen molar-refractivity contribution in [2.45, 2.75) is 39.5 Å². The van der Waals surface area contributed by atoms with Gasteiger partial charge in [-0.15, -0.1) is 0 Å². The van der Waals surface area contributed by atoms with Gasteiger partial charge >= 0.3 is 0 Å². The normalized spacial score (nSPS) is 17.7. The molecule has 2 aliphatic rings. The fourth-order valence-electron chi connectivity index (χ4n) is 3.85. The molecule has 3 amide bonds. The SMILES string of the molecule is CCN(CC(=O)N1CC(=O)N(c2cccc(Cl)c2C)C1)C(=O)C1CCCC1. The fraction of sp³-hybridized carbons (Fsp3) is 0.550. The van der Waals surface area contributed by atoms with Crippen molar-refractivity contribution in [1.29, 1.82) is 0 Å². The predicted molar refractivity (Wildman–Crippen MR) is 104 cm³/mol. The summed E-state index contributed by atoms with van der Waals surface area (Å²) in [6.07, 6.45) is 3.98. The molecule has 0 N–H and O–H groups in total. The monoisotopic (exact) mass is 391 g/mol. The predicted octanol–water partition coefficient (Wildman–Crippen LogP) is 2.82. The molecule has 1 heterocycles. The quantitative estimate of drug-likeness (QED) is 0.775. The minimum Gasteiger partial charge on any atom is -0.333 e. The zero-order valence-corrected chi connectivity index (χ0v) is 16.7. The maximum Gasteiger partial charge on any atom is 0.248 e. The molecule has 1 saturated carbocycles. The zero-order valence-electron chi connectivity index (χ0n) is 15.9. The molecule has 0 bridgehead atoms. The first-order chi connectivity index (χ1) is 12.9. The Bertz CT molecular complexity index is 746. The first-order valence-corrected chi connectivity index (χ1v) is 9.92. The van der Waals surface area contributed by atoms with E-state index in [-0.39, 0.29) is 43.4 Å². The molecule has 6 nitrogen and oxygen atoms in total. The van der Waals surface area contributed by atoms with Crippen LogP contribution >= 0.6 is 11.6 Å². The number of amides is 3. The molecule has 3 rings (SSSR count). The summed E-state index contributed by atoms with van der Waals surface area (Å²) in [4.78, 5) is 42.5. The highest BCUT2D eigenvalue weighted by molar-refractivity contribution is 6.31. The van der Waals surface area contributed by atoms with E-state index in [1.807, 2.05) is 19.9 Å². The number of benzene rings is 1. The van der Waals surface area contributed by atoms with Crippen LogP contribution < -0.4 is 4.90 Å². The van der Waals surface area contributed by atoms with Crippen molar-refractivity contribution in [3.63, 3.8) is 0 Å². The van der Waals surface area contributed by atoms with E-state index >= 15 is 0 Å². The molecule has 27 heavy (non-hydrogen) atoms. The third-order valence-electron chi connectivity index (χ3n) is 5.55. The van der Waals surface area contributed by atoms with Gasteiger partial charge in [-0.1, -0.05) is 30.5 Å². The maximum absolute atomic E-state index is 12.7. The second-order valence-corrected chi connectivity index (χ2v) is 7.68. The number of nitrogens with zero attached hydrogens (tertiary/aromatic N) is 3. The molecule has 1 aliphatic heterocycles. The Morgan fingerprint density at radius 3 is 2.63 bits per heavy atom. The summed E-state index contributed by atoms with van der Waals surface area (Å²) < 4.78 is 0. The van der Waals surface area contributed by atoms with Crippen LogP contribution in [0.4, 0.5) is 5.69 Å². The second-order valence-electron chi connectivity index (χ2n) is 7.27.